The SMILES string of the molecule is CC1CN(c2cc(Cl)nc(SCC(=O)NC(Cc3ccccc3)c3ccccc3)n2)CCN1C(=O)c1ccccc1. The number of hydrogen-bond acceptors (Lipinski definition) is 6. The van der Waals surface area contributed by atoms with Crippen LogP contribution in [0.2, 0.25) is 5.15 Å². The molecule has 1 aliphatic heterocycles. The minimum absolute atomic E-state index is 0.00777. The summed E-state index contributed by atoms with van der Waals surface area (Å²) in [4.78, 5) is 39.1. The summed E-state index contributed by atoms with van der Waals surface area (Å²) in [7, 11) is 0. The molecule has 5 rings (SSSR count). The molecule has 0 aliphatic carbocycles. The molecular formula is C32H32ClN5O2S. The van der Waals surface area contributed by atoms with Gasteiger partial charge in [-0.15, -0.1) is 0 Å². The van der Waals surface area contributed by atoms with Crippen LogP contribution < -0.4 is 10.2 Å². The number of benzene rings is 3. The third-order valence-electron chi connectivity index (χ3n) is 7.05. The van der Waals surface area contributed by atoms with Crippen molar-refractivity contribution in [1.29, 1.82) is 0 Å². The fourth-order valence-corrected chi connectivity index (χ4v) is 5.87. The van der Waals surface area contributed by atoms with Gasteiger partial charge in [-0.3, -0.25) is 9.59 Å². The average molecular weight is 586 g/mol. The fourth-order valence-electron chi connectivity index (χ4n) is 4.98. The summed E-state index contributed by atoms with van der Waals surface area (Å²) in [5, 5.41) is 3.94. The molecule has 0 bridgehead atoms. The zero-order chi connectivity index (χ0) is 28.6. The first-order valence-corrected chi connectivity index (χ1v) is 15.0. The van der Waals surface area contributed by atoms with Gasteiger partial charge in [-0.1, -0.05) is 102 Å². The second kappa shape index (κ2) is 13.7. The second-order valence-electron chi connectivity index (χ2n) is 10.0. The molecule has 210 valence electrons. The molecule has 0 saturated carbocycles. The smallest absolute Gasteiger partial charge is 0.254 e. The number of aromatic nitrogens is 2. The molecule has 0 radical (unpaired) electrons. The number of amides is 2. The van der Waals surface area contributed by atoms with E-state index in [9.17, 15) is 9.59 Å². The fraction of sp³-hybridized carbons (Fsp3) is 0.250. The first-order valence-electron chi connectivity index (χ1n) is 13.6. The summed E-state index contributed by atoms with van der Waals surface area (Å²) < 4.78 is 0. The molecule has 2 amide bonds. The highest BCUT2D eigenvalue weighted by Crippen LogP contribution is 2.25. The Morgan fingerprint density at radius 1 is 0.951 bits per heavy atom. The van der Waals surface area contributed by atoms with E-state index in [1.54, 1.807) is 6.07 Å². The van der Waals surface area contributed by atoms with Crippen LogP contribution in [0.25, 0.3) is 0 Å². The van der Waals surface area contributed by atoms with Crippen LogP contribution >= 0.6 is 23.4 Å². The zero-order valence-electron chi connectivity index (χ0n) is 22.8. The van der Waals surface area contributed by atoms with Gasteiger partial charge in [-0.2, -0.15) is 0 Å². The van der Waals surface area contributed by atoms with Gasteiger partial charge in [0.1, 0.15) is 11.0 Å². The van der Waals surface area contributed by atoms with Gasteiger partial charge in [-0.25, -0.2) is 9.97 Å². The lowest BCUT2D eigenvalue weighted by Gasteiger charge is -2.40. The molecule has 4 aromatic rings. The standard InChI is InChI=1S/C32H32ClN5O2S/c1-23-21-37(17-18-38(23)31(40)26-15-9-4-10-16-26)29-20-28(33)35-32(36-29)41-22-30(39)34-27(25-13-7-3-8-14-25)19-24-11-5-2-6-12-24/h2-16,20,23,27H,17-19,21-22H2,1H3,(H,34,39). The van der Waals surface area contributed by atoms with Crippen LogP contribution in [0.4, 0.5) is 5.82 Å². The van der Waals surface area contributed by atoms with Crippen molar-refractivity contribution >= 4 is 41.0 Å². The summed E-state index contributed by atoms with van der Waals surface area (Å²) in [6.07, 6.45) is 0.690. The minimum Gasteiger partial charge on any atom is -0.353 e. The highest BCUT2D eigenvalue weighted by molar-refractivity contribution is 7.99. The van der Waals surface area contributed by atoms with E-state index in [1.807, 2.05) is 90.7 Å². The van der Waals surface area contributed by atoms with E-state index in [-0.39, 0.29) is 29.7 Å². The van der Waals surface area contributed by atoms with Crippen LogP contribution in [-0.2, 0) is 11.2 Å². The Balaban J connectivity index is 1.21. The highest BCUT2D eigenvalue weighted by Gasteiger charge is 2.29. The molecule has 1 aromatic heterocycles. The molecule has 1 N–H and O–H groups in total. The number of piperazine rings is 1. The third-order valence-corrected chi connectivity index (χ3v) is 8.09. The third kappa shape index (κ3) is 7.65. The Morgan fingerprint density at radius 3 is 2.29 bits per heavy atom. The molecule has 1 aliphatic rings. The maximum atomic E-state index is 13.1. The van der Waals surface area contributed by atoms with Crippen LogP contribution in [0.3, 0.4) is 0 Å². The number of hydrogen-bond donors (Lipinski definition) is 1. The van der Waals surface area contributed by atoms with E-state index in [0.29, 0.717) is 47.7 Å². The van der Waals surface area contributed by atoms with E-state index in [1.165, 1.54) is 11.8 Å². The predicted molar refractivity (Wildman–Crippen MR) is 164 cm³/mol. The predicted octanol–water partition coefficient (Wildman–Crippen LogP) is 5.67. The normalized spacial score (nSPS) is 15.8. The van der Waals surface area contributed by atoms with Gasteiger partial charge in [-0.05, 0) is 36.6 Å². The summed E-state index contributed by atoms with van der Waals surface area (Å²) >= 11 is 7.64. The maximum absolute atomic E-state index is 13.1. The van der Waals surface area contributed by atoms with E-state index >= 15 is 0 Å². The van der Waals surface area contributed by atoms with Gasteiger partial charge in [0.05, 0.1) is 11.8 Å². The van der Waals surface area contributed by atoms with Crippen molar-refractivity contribution in [3.63, 3.8) is 0 Å². The first kappa shape index (κ1) is 28.6. The number of nitrogens with one attached hydrogen (secondary N) is 1. The molecule has 1 saturated heterocycles. The van der Waals surface area contributed by atoms with Crippen molar-refractivity contribution in [2.75, 3.05) is 30.3 Å². The molecule has 1 fully saturated rings. The van der Waals surface area contributed by atoms with Crippen LogP contribution in [-0.4, -0.2) is 58.1 Å². The summed E-state index contributed by atoms with van der Waals surface area (Å²) in [5.74, 6) is 0.777. The van der Waals surface area contributed by atoms with Crippen LogP contribution in [0.15, 0.2) is 102 Å². The number of halogens is 1. The van der Waals surface area contributed by atoms with Gasteiger partial charge in [0.2, 0.25) is 5.91 Å². The molecule has 0 spiro atoms. The van der Waals surface area contributed by atoms with Crippen molar-refractivity contribution in [3.05, 3.63) is 119 Å². The molecule has 2 unspecified atom stereocenters. The van der Waals surface area contributed by atoms with E-state index in [2.05, 4.69) is 27.3 Å². The number of carbonyl (C=O) groups is 2. The number of carbonyl (C=O) groups excluding carboxylic acids is 2. The minimum atomic E-state index is -0.154. The van der Waals surface area contributed by atoms with Crippen LogP contribution in [0, 0.1) is 0 Å². The summed E-state index contributed by atoms with van der Waals surface area (Å²) in [5.41, 5.74) is 2.89. The number of thioether (sulfide) groups is 1. The summed E-state index contributed by atoms with van der Waals surface area (Å²) in [6, 6.07) is 31.0. The molecular weight excluding hydrogens is 554 g/mol. The molecule has 2 atom stereocenters. The van der Waals surface area contributed by atoms with Gasteiger partial charge < -0.3 is 15.1 Å². The topological polar surface area (TPSA) is 78.4 Å². The number of rotatable bonds is 9. The van der Waals surface area contributed by atoms with Crippen LogP contribution in [0.5, 0.6) is 0 Å². The highest BCUT2D eigenvalue weighted by atomic mass is 35.5. The quantitative estimate of drug-likeness (QED) is 0.155. The summed E-state index contributed by atoms with van der Waals surface area (Å²) in [6.45, 7) is 3.85. The lowest BCUT2D eigenvalue weighted by molar-refractivity contribution is -0.119. The van der Waals surface area contributed by atoms with Crippen molar-refractivity contribution in [2.24, 2.45) is 0 Å². The Hall–Kier alpha value is -3.88. The number of anilines is 1. The van der Waals surface area contributed by atoms with E-state index in [4.69, 9.17) is 16.6 Å². The molecule has 9 heteroatoms. The molecule has 2 heterocycles. The lowest BCUT2D eigenvalue weighted by Crippen LogP contribution is -2.54. The van der Waals surface area contributed by atoms with Crippen LogP contribution in [0.1, 0.15) is 34.5 Å². The van der Waals surface area contributed by atoms with E-state index in [0.717, 1.165) is 11.1 Å². The van der Waals surface area contributed by atoms with Gasteiger partial charge in [0.25, 0.3) is 5.91 Å². The largest absolute Gasteiger partial charge is 0.353 e. The average Bonchev–Trinajstić information content (AvgIpc) is 3.00. The Bertz CT molecular complexity index is 1460. The Kier molecular flexibility index (Phi) is 9.54. The zero-order valence-corrected chi connectivity index (χ0v) is 24.4. The van der Waals surface area contributed by atoms with Gasteiger partial charge in [0, 0.05) is 37.3 Å². The monoisotopic (exact) mass is 585 g/mol. The maximum Gasteiger partial charge on any atom is 0.254 e. The molecule has 7 nitrogen and oxygen atoms in total. The van der Waals surface area contributed by atoms with Gasteiger partial charge in [0.15, 0.2) is 5.16 Å². The molecule has 3 aromatic carbocycles. The second-order valence-corrected chi connectivity index (χ2v) is 11.3. The Labute approximate surface area is 250 Å². The van der Waals surface area contributed by atoms with E-state index < -0.39 is 0 Å². The lowest BCUT2D eigenvalue weighted by atomic mass is 9.99. The van der Waals surface area contributed by atoms with Crippen molar-refractivity contribution in [1.82, 2.24) is 20.2 Å². The number of nitrogens with zero attached hydrogens (tertiary/aromatic N) is 4. The van der Waals surface area contributed by atoms with Crippen molar-refractivity contribution in [3.8, 4) is 0 Å². The first-order chi connectivity index (χ1) is 20.0. The van der Waals surface area contributed by atoms with Crippen molar-refractivity contribution < 1.29 is 9.59 Å². The van der Waals surface area contributed by atoms with Crippen molar-refractivity contribution in [2.45, 2.75) is 30.6 Å². The molecule has 41 heavy (non-hydrogen) atoms. The Morgan fingerprint density at radius 2 is 1.61 bits per heavy atom. The van der Waals surface area contributed by atoms with Gasteiger partial charge >= 0.3 is 0 Å².